The van der Waals surface area contributed by atoms with Gasteiger partial charge >= 0.3 is 0 Å². The van der Waals surface area contributed by atoms with Crippen LogP contribution in [0.5, 0.6) is 0 Å². The lowest BCUT2D eigenvalue weighted by Crippen LogP contribution is -2.47. The van der Waals surface area contributed by atoms with Gasteiger partial charge in [0.1, 0.15) is 11.6 Å². The minimum Gasteiger partial charge on any atom is -0.299 e. The van der Waals surface area contributed by atoms with Gasteiger partial charge in [0.05, 0.1) is 0 Å². The highest BCUT2D eigenvalue weighted by Crippen LogP contribution is 2.53. The molecule has 3 aliphatic rings. The molecule has 0 saturated heterocycles. The third-order valence-electron chi connectivity index (χ3n) is 7.78. The second-order valence-corrected chi connectivity index (χ2v) is 9.44. The fourth-order valence-electron chi connectivity index (χ4n) is 6.39. The summed E-state index contributed by atoms with van der Waals surface area (Å²) < 4.78 is 0. The molecule has 2 atom stereocenters. The molecule has 2 unspecified atom stereocenters. The highest BCUT2D eigenvalue weighted by molar-refractivity contribution is 5.86. The van der Waals surface area contributed by atoms with Gasteiger partial charge in [-0.1, -0.05) is 70.6 Å². The molecule has 3 rings (SSSR count). The predicted octanol–water partition coefficient (Wildman–Crippen LogP) is 6.80. The van der Waals surface area contributed by atoms with Gasteiger partial charge in [0.2, 0.25) is 0 Å². The van der Waals surface area contributed by atoms with Gasteiger partial charge in [0, 0.05) is 24.7 Å². The third kappa shape index (κ3) is 4.78. The van der Waals surface area contributed by atoms with Crippen molar-refractivity contribution in [2.24, 2.45) is 17.3 Å². The van der Waals surface area contributed by atoms with Crippen LogP contribution in [0.1, 0.15) is 122 Å². The SMILES string of the molecule is O=C1CCCCC1C1(C2CCCCC2=O)CCCCCCCCCCC1. The van der Waals surface area contributed by atoms with Crippen LogP contribution < -0.4 is 0 Å². The van der Waals surface area contributed by atoms with Gasteiger partial charge in [-0.2, -0.15) is 0 Å². The molecule has 0 aliphatic heterocycles. The van der Waals surface area contributed by atoms with Crippen LogP contribution in [-0.4, -0.2) is 11.6 Å². The van der Waals surface area contributed by atoms with E-state index >= 15 is 0 Å². The van der Waals surface area contributed by atoms with Crippen molar-refractivity contribution in [1.82, 2.24) is 0 Å². The molecule has 2 heteroatoms. The van der Waals surface area contributed by atoms with E-state index in [-0.39, 0.29) is 17.3 Å². The molecule has 148 valence electrons. The van der Waals surface area contributed by atoms with Crippen LogP contribution in [0.25, 0.3) is 0 Å². The number of Topliss-reactive ketones (excluding diaryl/α,β-unsaturated/α-hetero) is 2. The van der Waals surface area contributed by atoms with Crippen LogP contribution in [0, 0.1) is 17.3 Å². The maximum absolute atomic E-state index is 13.0. The average molecular weight is 361 g/mol. The zero-order valence-corrected chi connectivity index (χ0v) is 16.9. The fourth-order valence-corrected chi connectivity index (χ4v) is 6.39. The summed E-state index contributed by atoms with van der Waals surface area (Å²) in [5, 5.41) is 0. The van der Waals surface area contributed by atoms with Crippen molar-refractivity contribution >= 4 is 11.6 Å². The maximum atomic E-state index is 13.0. The lowest BCUT2D eigenvalue weighted by Gasteiger charge is -2.48. The summed E-state index contributed by atoms with van der Waals surface area (Å²) in [5.41, 5.74) is 0.00814. The summed E-state index contributed by atoms with van der Waals surface area (Å²) in [6, 6.07) is 0. The first-order valence-corrected chi connectivity index (χ1v) is 11.8. The number of carbonyl (C=O) groups is 2. The Morgan fingerprint density at radius 1 is 0.500 bits per heavy atom. The average Bonchev–Trinajstić information content (AvgIpc) is 2.64. The summed E-state index contributed by atoms with van der Waals surface area (Å²) in [4.78, 5) is 26.0. The van der Waals surface area contributed by atoms with Crippen LogP contribution >= 0.6 is 0 Å². The van der Waals surface area contributed by atoms with Gasteiger partial charge in [-0.25, -0.2) is 0 Å². The van der Waals surface area contributed by atoms with E-state index in [9.17, 15) is 9.59 Å². The van der Waals surface area contributed by atoms with Gasteiger partial charge < -0.3 is 0 Å². The second-order valence-electron chi connectivity index (χ2n) is 9.44. The highest BCUT2D eigenvalue weighted by atomic mass is 16.1. The van der Waals surface area contributed by atoms with Crippen LogP contribution in [0.3, 0.4) is 0 Å². The standard InChI is InChI=1S/C24H40O2/c25-22-16-10-8-14-20(22)24(21-15-9-11-17-23(21)26)18-12-6-4-2-1-3-5-7-13-19-24/h20-21H,1-19H2. The smallest absolute Gasteiger partial charge is 0.136 e. The number of hydrogen-bond acceptors (Lipinski definition) is 2. The Balaban J connectivity index is 1.86. The first-order chi connectivity index (χ1) is 12.7. The number of rotatable bonds is 2. The first-order valence-electron chi connectivity index (χ1n) is 11.8. The monoisotopic (exact) mass is 360 g/mol. The number of hydrogen-bond donors (Lipinski definition) is 0. The molecule has 26 heavy (non-hydrogen) atoms. The van der Waals surface area contributed by atoms with Crippen molar-refractivity contribution in [3.63, 3.8) is 0 Å². The minimum atomic E-state index is 0.00814. The Kier molecular flexibility index (Phi) is 7.76. The van der Waals surface area contributed by atoms with Crippen LogP contribution in [-0.2, 0) is 9.59 Å². The fraction of sp³-hybridized carbons (Fsp3) is 0.917. The van der Waals surface area contributed by atoms with E-state index in [1.54, 1.807) is 0 Å². The summed E-state index contributed by atoms with van der Waals surface area (Å²) in [5.74, 6) is 1.38. The molecule has 3 saturated carbocycles. The molecule has 0 spiro atoms. The van der Waals surface area contributed by atoms with Crippen molar-refractivity contribution in [1.29, 1.82) is 0 Å². The van der Waals surface area contributed by atoms with Crippen LogP contribution in [0.4, 0.5) is 0 Å². The number of carbonyl (C=O) groups excluding carboxylic acids is 2. The van der Waals surface area contributed by atoms with Crippen molar-refractivity contribution < 1.29 is 9.59 Å². The van der Waals surface area contributed by atoms with Gasteiger partial charge in [-0.3, -0.25) is 9.59 Å². The van der Waals surface area contributed by atoms with E-state index in [2.05, 4.69) is 0 Å². The molecule has 0 bridgehead atoms. The predicted molar refractivity (Wildman–Crippen MR) is 107 cm³/mol. The molecule has 0 N–H and O–H groups in total. The molecule has 0 aromatic heterocycles. The van der Waals surface area contributed by atoms with E-state index in [1.165, 1.54) is 70.6 Å². The Morgan fingerprint density at radius 3 is 1.27 bits per heavy atom. The molecule has 0 amide bonds. The lowest BCUT2D eigenvalue weighted by molar-refractivity contribution is -0.141. The quantitative estimate of drug-likeness (QED) is 0.543. The molecule has 0 heterocycles. The van der Waals surface area contributed by atoms with Crippen molar-refractivity contribution in [2.75, 3.05) is 0 Å². The van der Waals surface area contributed by atoms with Gasteiger partial charge in [-0.15, -0.1) is 0 Å². The molecule has 0 aromatic carbocycles. The van der Waals surface area contributed by atoms with Crippen LogP contribution in [0.15, 0.2) is 0 Å². The molecule has 0 aromatic rings. The van der Waals surface area contributed by atoms with Gasteiger partial charge in [-0.05, 0) is 43.9 Å². The topological polar surface area (TPSA) is 34.1 Å². The molecule has 3 aliphatic carbocycles. The van der Waals surface area contributed by atoms with E-state index in [1.807, 2.05) is 0 Å². The Bertz CT molecular complexity index is 425. The Labute approximate surface area is 160 Å². The molecule has 3 fully saturated rings. The first kappa shape index (κ1) is 20.1. The number of ketones is 2. The summed E-state index contributed by atoms with van der Waals surface area (Å²) in [7, 11) is 0. The summed E-state index contributed by atoms with van der Waals surface area (Å²) >= 11 is 0. The molecular formula is C24H40O2. The van der Waals surface area contributed by atoms with E-state index < -0.39 is 0 Å². The molecule has 2 nitrogen and oxygen atoms in total. The van der Waals surface area contributed by atoms with Gasteiger partial charge in [0.15, 0.2) is 0 Å². The summed E-state index contributed by atoms with van der Waals surface area (Å²) in [6.07, 6.45) is 22.3. The van der Waals surface area contributed by atoms with Crippen LogP contribution in [0.2, 0.25) is 0 Å². The maximum Gasteiger partial charge on any atom is 0.136 e. The Morgan fingerprint density at radius 2 is 0.885 bits per heavy atom. The molecule has 0 radical (unpaired) electrons. The Hall–Kier alpha value is -0.660. The van der Waals surface area contributed by atoms with Crippen molar-refractivity contribution in [2.45, 2.75) is 122 Å². The third-order valence-corrected chi connectivity index (χ3v) is 7.78. The normalized spacial score (nSPS) is 32.5. The zero-order valence-electron chi connectivity index (χ0n) is 16.9. The minimum absolute atomic E-state index is 0.00814. The zero-order chi connectivity index (χ0) is 18.2. The van der Waals surface area contributed by atoms with E-state index in [4.69, 9.17) is 0 Å². The molecular weight excluding hydrogens is 320 g/mol. The van der Waals surface area contributed by atoms with Crippen molar-refractivity contribution in [3.05, 3.63) is 0 Å². The largest absolute Gasteiger partial charge is 0.299 e. The van der Waals surface area contributed by atoms with E-state index in [0.717, 1.165) is 51.4 Å². The van der Waals surface area contributed by atoms with Crippen molar-refractivity contribution in [3.8, 4) is 0 Å². The second kappa shape index (κ2) is 10.0. The lowest BCUT2D eigenvalue weighted by atomic mass is 9.54. The van der Waals surface area contributed by atoms with Gasteiger partial charge in [0.25, 0.3) is 0 Å². The van der Waals surface area contributed by atoms with E-state index in [0.29, 0.717) is 11.6 Å². The highest BCUT2D eigenvalue weighted by Gasteiger charge is 2.50. The summed E-state index contributed by atoms with van der Waals surface area (Å²) in [6.45, 7) is 0.